The lowest BCUT2D eigenvalue weighted by atomic mass is 9.82. The predicted molar refractivity (Wildman–Crippen MR) is 56.8 cm³/mol. The number of nitrogens with zero attached hydrogens (tertiary/aromatic N) is 3. The van der Waals surface area contributed by atoms with Gasteiger partial charge in [0.1, 0.15) is 0 Å². The van der Waals surface area contributed by atoms with E-state index in [0.29, 0.717) is 6.42 Å². The Bertz CT molecular complexity index is 276. The summed E-state index contributed by atoms with van der Waals surface area (Å²) < 4.78 is 21.4. The van der Waals surface area contributed by atoms with E-state index in [0.717, 1.165) is 0 Å². The number of aliphatic hydroxyl groups is 1. The minimum absolute atomic E-state index is 0.249. The second-order valence-electron chi connectivity index (χ2n) is 4.10. The van der Waals surface area contributed by atoms with E-state index in [2.05, 4.69) is 10.0 Å². The molecule has 88 valence electrons. The van der Waals surface area contributed by atoms with Crippen LogP contribution in [0.5, 0.6) is 0 Å². The van der Waals surface area contributed by atoms with Crippen LogP contribution < -0.4 is 0 Å². The van der Waals surface area contributed by atoms with Crippen LogP contribution in [-0.4, -0.2) is 31.8 Å². The normalized spacial score (nSPS) is 17.7. The molecule has 3 unspecified atom stereocenters. The van der Waals surface area contributed by atoms with Gasteiger partial charge in [-0.25, -0.2) is 0 Å². The first-order valence-electron chi connectivity index (χ1n) is 4.60. The molecule has 0 bridgehead atoms. The second-order valence-corrected chi connectivity index (χ2v) is 5.37. The quantitative estimate of drug-likeness (QED) is 0.324. The smallest absolute Gasteiger partial charge is 0.0720 e. The lowest BCUT2D eigenvalue weighted by Gasteiger charge is -2.35. The monoisotopic (exact) mass is 234 g/mol. The summed E-state index contributed by atoms with van der Waals surface area (Å²) in [6.07, 6.45) is -0.524. The molecule has 0 aromatic heterocycles. The van der Waals surface area contributed by atoms with Crippen molar-refractivity contribution >= 4 is 11.1 Å². The molecule has 0 spiro atoms. The Labute approximate surface area is 91.6 Å². The SMILES string of the molecule is CC(C(O)C(C)(C)CCN=[N+]=[N-])S(=O)[O-]. The zero-order valence-corrected chi connectivity index (χ0v) is 9.90. The van der Waals surface area contributed by atoms with Crippen molar-refractivity contribution in [3.05, 3.63) is 10.4 Å². The summed E-state index contributed by atoms with van der Waals surface area (Å²) in [6.45, 7) is 5.18. The van der Waals surface area contributed by atoms with Gasteiger partial charge in [-0.05, 0) is 35.4 Å². The molecule has 0 aliphatic rings. The zero-order chi connectivity index (χ0) is 12.1. The highest BCUT2D eigenvalue weighted by molar-refractivity contribution is 7.79. The van der Waals surface area contributed by atoms with Crippen LogP contribution in [0.1, 0.15) is 27.2 Å². The molecule has 0 aliphatic carbocycles. The van der Waals surface area contributed by atoms with E-state index in [1.165, 1.54) is 6.92 Å². The molecule has 0 amide bonds. The third-order valence-corrected chi connectivity index (χ3v) is 3.33. The summed E-state index contributed by atoms with van der Waals surface area (Å²) >= 11 is -2.30. The Kier molecular flexibility index (Phi) is 5.82. The van der Waals surface area contributed by atoms with Crippen LogP contribution in [-0.2, 0) is 11.1 Å². The van der Waals surface area contributed by atoms with Crippen molar-refractivity contribution in [2.75, 3.05) is 6.54 Å². The molecule has 0 aromatic rings. The molecule has 0 aromatic carbocycles. The minimum Gasteiger partial charge on any atom is -0.772 e. The average molecular weight is 234 g/mol. The maximum Gasteiger partial charge on any atom is 0.0720 e. The Morgan fingerprint density at radius 1 is 1.67 bits per heavy atom. The highest BCUT2D eigenvalue weighted by Gasteiger charge is 2.31. The van der Waals surface area contributed by atoms with E-state index in [1.807, 2.05) is 0 Å². The summed E-state index contributed by atoms with van der Waals surface area (Å²) in [6, 6.07) is 0. The fourth-order valence-electron chi connectivity index (χ4n) is 1.27. The van der Waals surface area contributed by atoms with Crippen LogP contribution in [0.15, 0.2) is 5.11 Å². The lowest BCUT2D eigenvalue weighted by Crippen LogP contribution is -2.40. The van der Waals surface area contributed by atoms with E-state index in [4.69, 9.17) is 5.53 Å². The van der Waals surface area contributed by atoms with E-state index in [9.17, 15) is 13.9 Å². The van der Waals surface area contributed by atoms with Gasteiger partial charge < -0.3 is 9.66 Å². The molecule has 0 aliphatic heterocycles. The Morgan fingerprint density at radius 3 is 2.60 bits per heavy atom. The molecule has 1 N–H and O–H groups in total. The van der Waals surface area contributed by atoms with Gasteiger partial charge in [0.25, 0.3) is 0 Å². The number of hydrogen-bond acceptors (Lipinski definition) is 4. The van der Waals surface area contributed by atoms with Crippen molar-refractivity contribution in [2.45, 2.75) is 38.5 Å². The second kappa shape index (κ2) is 6.07. The van der Waals surface area contributed by atoms with Crippen LogP contribution in [0.3, 0.4) is 0 Å². The first kappa shape index (κ1) is 14.4. The van der Waals surface area contributed by atoms with Gasteiger partial charge in [0, 0.05) is 16.7 Å². The Morgan fingerprint density at radius 2 is 2.20 bits per heavy atom. The van der Waals surface area contributed by atoms with Crippen LogP contribution >= 0.6 is 0 Å². The largest absolute Gasteiger partial charge is 0.772 e. The number of rotatable bonds is 6. The van der Waals surface area contributed by atoms with Gasteiger partial charge in [0.05, 0.1) is 6.10 Å². The molecule has 0 fully saturated rings. The lowest BCUT2D eigenvalue weighted by molar-refractivity contribution is 0.0450. The van der Waals surface area contributed by atoms with Crippen molar-refractivity contribution in [1.82, 2.24) is 0 Å². The Balaban J connectivity index is 4.42. The number of hydrogen-bond donors (Lipinski definition) is 1. The molecule has 0 saturated carbocycles. The van der Waals surface area contributed by atoms with Crippen molar-refractivity contribution < 1.29 is 13.9 Å². The van der Waals surface area contributed by atoms with Crippen LogP contribution in [0, 0.1) is 5.41 Å². The molecular weight excluding hydrogens is 218 g/mol. The molecule has 15 heavy (non-hydrogen) atoms. The first-order valence-corrected chi connectivity index (χ1v) is 5.73. The molecule has 0 heterocycles. The van der Waals surface area contributed by atoms with Crippen molar-refractivity contribution in [2.24, 2.45) is 10.5 Å². The van der Waals surface area contributed by atoms with Crippen LogP contribution in [0.4, 0.5) is 0 Å². The Hall–Kier alpha value is -0.620. The summed E-state index contributed by atoms with van der Waals surface area (Å²) in [7, 11) is 0. The van der Waals surface area contributed by atoms with Gasteiger partial charge in [-0.3, -0.25) is 4.21 Å². The van der Waals surface area contributed by atoms with Crippen LogP contribution in [0.25, 0.3) is 10.4 Å². The third kappa shape index (κ3) is 4.61. The third-order valence-electron chi connectivity index (χ3n) is 2.47. The maximum absolute atomic E-state index is 10.7. The molecule has 7 heteroatoms. The number of azide groups is 1. The van der Waals surface area contributed by atoms with Crippen molar-refractivity contribution in [3.8, 4) is 0 Å². The first-order chi connectivity index (χ1) is 6.83. The fraction of sp³-hybridized carbons (Fsp3) is 1.00. The van der Waals surface area contributed by atoms with Crippen LogP contribution in [0.2, 0.25) is 0 Å². The highest BCUT2D eigenvalue weighted by atomic mass is 32.2. The molecular formula is C8H16N3O3S-. The highest BCUT2D eigenvalue weighted by Crippen LogP contribution is 2.28. The summed E-state index contributed by atoms with van der Waals surface area (Å²) in [5.41, 5.74) is 7.51. The van der Waals surface area contributed by atoms with E-state index in [1.54, 1.807) is 13.8 Å². The number of aliphatic hydroxyl groups excluding tert-OH is 1. The van der Waals surface area contributed by atoms with E-state index >= 15 is 0 Å². The van der Waals surface area contributed by atoms with Gasteiger partial charge in [0.2, 0.25) is 0 Å². The zero-order valence-electron chi connectivity index (χ0n) is 9.08. The predicted octanol–water partition coefficient (Wildman–Crippen LogP) is 1.34. The van der Waals surface area contributed by atoms with Crippen molar-refractivity contribution in [1.29, 1.82) is 0 Å². The van der Waals surface area contributed by atoms with E-state index in [-0.39, 0.29) is 6.54 Å². The maximum atomic E-state index is 10.7. The summed E-state index contributed by atoms with van der Waals surface area (Å²) in [4.78, 5) is 2.60. The average Bonchev–Trinajstić information content (AvgIpc) is 2.15. The van der Waals surface area contributed by atoms with E-state index < -0.39 is 27.8 Å². The van der Waals surface area contributed by atoms with Gasteiger partial charge >= 0.3 is 0 Å². The fourth-order valence-corrected chi connectivity index (χ4v) is 1.85. The van der Waals surface area contributed by atoms with Gasteiger partial charge in [-0.15, -0.1) is 0 Å². The molecule has 0 radical (unpaired) electrons. The minimum atomic E-state index is -2.30. The van der Waals surface area contributed by atoms with Gasteiger partial charge in [0.15, 0.2) is 0 Å². The summed E-state index contributed by atoms with van der Waals surface area (Å²) in [5, 5.41) is 12.3. The van der Waals surface area contributed by atoms with Gasteiger partial charge in [-0.2, -0.15) is 0 Å². The van der Waals surface area contributed by atoms with Crippen molar-refractivity contribution in [3.63, 3.8) is 0 Å². The molecule has 0 saturated heterocycles. The molecule has 6 nitrogen and oxygen atoms in total. The summed E-state index contributed by atoms with van der Waals surface area (Å²) in [5.74, 6) is 0. The van der Waals surface area contributed by atoms with Gasteiger partial charge in [-0.1, -0.05) is 19.0 Å². The molecule has 0 rings (SSSR count). The standard InChI is InChI=1S/C8H17N3O3S/c1-6(15(13)14)7(12)8(2,3)4-5-10-11-9/h6-7,12H,4-5H2,1-3H3,(H,13,14)/p-1. The topological polar surface area (TPSA) is 109 Å². The molecule has 3 atom stereocenters.